The SMILES string of the molecule is CNCCCNC(=O)/C=C/c1ccc2c(c1)OCO2. The summed E-state index contributed by atoms with van der Waals surface area (Å²) in [5.74, 6) is 1.37. The van der Waals surface area contributed by atoms with Crippen LogP contribution in [-0.2, 0) is 4.79 Å². The zero-order chi connectivity index (χ0) is 13.5. The number of carbonyl (C=O) groups is 1. The molecule has 1 aliphatic heterocycles. The lowest BCUT2D eigenvalue weighted by Crippen LogP contribution is -2.24. The van der Waals surface area contributed by atoms with Crippen LogP contribution in [0.15, 0.2) is 24.3 Å². The first kappa shape index (κ1) is 13.4. The van der Waals surface area contributed by atoms with Gasteiger partial charge in [-0.2, -0.15) is 0 Å². The molecule has 5 nitrogen and oxygen atoms in total. The van der Waals surface area contributed by atoms with E-state index in [9.17, 15) is 4.79 Å². The molecule has 0 spiro atoms. The summed E-state index contributed by atoms with van der Waals surface area (Å²) >= 11 is 0. The van der Waals surface area contributed by atoms with Crippen molar-refractivity contribution in [1.29, 1.82) is 0 Å². The molecule has 1 aromatic carbocycles. The van der Waals surface area contributed by atoms with E-state index in [1.807, 2.05) is 25.2 Å². The monoisotopic (exact) mass is 262 g/mol. The Morgan fingerprint density at radius 3 is 3.00 bits per heavy atom. The minimum atomic E-state index is -0.0891. The Morgan fingerprint density at radius 1 is 1.32 bits per heavy atom. The van der Waals surface area contributed by atoms with Crippen LogP contribution in [0.5, 0.6) is 11.5 Å². The molecule has 0 aromatic heterocycles. The molecule has 2 rings (SSSR count). The summed E-state index contributed by atoms with van der Waals surface area (Å²) in [4.78, 5) is 11.5. The highest BCUT2D eigenvalue weighted by molar-refractivity contribution is 5.91. The highest BCUT2D eigenvalue weighted by Crippen LogP contribution is 2.32. The van der Waals surface area contributed by atoms with Gasteiger partial charge in [-0.15, -0.1) is 0 Å². The van der Waals surface area contributed by atoms with Crippen LogP contribution in [0.25, 0.3) is 6.08 Å². The van der Waals surface area contributed by atoms with Crippen LogP contribution in [0, 0.1) is 0 Å². The topological polar surface area (TPSA) is 59.6 Å². The maximum Gasteiger partial charge on any atom is 0.243 e. The number of amides is 1. The second-order valence-electron chi connectivity index (χ2n) is 4.19. The van der Waals surface area contributed by atoms with E-state index in [0.717, 1.165) is 30.0 Å². The van der Waals surface area contributed by atoms with Gasteiger partial charge in [-0.3, -0.25) is 4.79 Å². The van der Waals surface area contributed by atoms with Crippen molar-refractivity contribution < 1.29 is 14.3 Å². The minimum absolute atomic E-state index is 0.0891. The molecule has 5 heteroatoms. The first-order chi connectivity index (χ1) is 9.29. The molecule has 0 radical (unpaired) electrons. The smallest absolute Gasteiger partial charge is 0.243 e. The van der Waals surface area contributed by atoms with Crippen LogP contribution >= 0.6 is 0 Å². The van der Waals surface area contributed by atoms with Crippen LogP contribution in [0.3, 0.4) is 0 Å². The number of carbonyl (C=O) groups excluding carboxylic acids is 1. The van der Waals surface area contributed by atoms with Gasteiger partial charge in [-0.1, -0.05) is 6.07 Å². The molecule has 2 N–H and O–H groups in total. The number of ether oxygens (including phenoxy) is 2. The van der Waals surface area contributed by atoms with Gasteiger partial charge in [0.05, 0.1) is 0 Å². The van der Waals surface area contributed by atoms with Crippen molar-refractivity contribution in [2.24, 2.45) is 0 Å². The van der Waals surface area contributed by atoms with Crippen LogP contribution in [0.2, 0.25) is 0 Å². The third-order valence-corrected chi connectivity index (χ3v) is 2.73. The molecule has 102 valence electrons. The van der Waals surface area contributed by atoms with Crippen molar-refractivity contribution in [3.8, 4) is 11.5 Å². The van der Waals surface area contributed by atoms with Gasteiger partial charge in [0, 0.05) is 12.6 Å². The molecule has 1 amide bonds. The summed E-state index contributed by atoms with van der Waals surface area (Å²) in [5.41, 5.74) is 0.912. The maximum absolute atomic E-state index is 11.5. The highest BCUT2D eigenvalue weighted by atomic mass is 16.7. The zero-order valence-electron chi connectivity index (χ0n) is 10.9. The Morgan fingerprint density at radius 2 is 2.16 bits per heavy atom. The van der Waals surface area contributed by atoms with Gasteiger partial charge >= 0.3 is 0 Å². The van der Waals surface area contributed by atoms with Gasteiger partial charge in [0.15, 0.2) is 11.5 Å². The second-order valence-corrected chi connectivity index (χ2v) is 4.19. The normalized spacial score (nSPS) is 12.9. The number of fused-ring (bicyclic) bond motifs is 1. The largest absolute Gasteiger partial charge is 0.454 e. The maximum atomic E-state index is 11.5. The van der Waals surface area contributed by atoms with Crippen molar-refractivity contribution >= 4 is 12.0 Å². The van der Waals surface area contributed by atoms with Crippen LogP contribution < -0.4 is 20.1 Å². The van der Waals surface area contributed by atoms with Crippen LogP contribution in [0.4, 0.5) is 0 Å². The molecule has 1 aromatic rings. The molecule has 0 aliphatic carbocycles. The molecule has 0 unspecified atom stereocenters. The fourth-order valence-corrected chi connectivity index (χ4v) is 1.72. The number of rotatable bonds is 6. The minimum Gasteiger partial charge on any atom is -0.454 e. The lowest BCUT2D eigenvalue weighted by atomic mass is 10.2. The molecule has 0 atom stereocenters. The number of hydrogen-bond donors (Lipinski definition) is 2. The highest BCUT2D eigenvalue weighted by Gasteiger charge is 2.12. The van der Waals surface area contributed by atoms with Gasteiger partial charge in [-0.25, -0.2) is 0 Å². The Hall–Kier alpha value is -2.01. The molecule has 0 fully saturated rings. The summed E-state index contributed by atoms with van der Waals surface area (Å²) in [6, 6.07) is 5.58. The number of nitrogens with one attached hydrogen (secondary N) is 2. The summed E-state index contributed by atoms with van der Waals surface area (Å²) < 4.78 is 10.5. The third-order valence-electron chi connectivity index (χ3n) is 2.73. The molecule has 1 heterocycles. The Kier molecular flexibility index (Phi) is 4.80. The number of benzene rings is 1. The van der Waals surface area contributed by atoms with E-state index >= 15 is 0 Å². The molecule has 19 heavy (non-hydrogen) atoms. The average Bonchev–Trinajstić information content (AvgIpc) is 2.89. The first-order valence-electron chi connectivity index (χ1n) is 6.30. The van der Waals surface area contributed by atoms with Crippen LogP contribution in [0.1, 0.15) is 12.0 Å². The lowest BCUT2D eigenvalue weighted by Gasteiger charge is -2.01. The Labute approximate surface area is 112 Å². The first-order valence-corrected chi connectivity index (χ1v) is 6.30. The van der Waals surface area contributed by atoms with Crippen molar-refractivity contribution in [1.82, 2.24) is 10.6 Å². The van der Waals surface area contributed by atoms with E-state index in [4.69, 9.17) is 9.47 Å². The predicted octanol–water partition coefficient (Wildman–Crippen LogP) is 1.15. The molecular formula is C14H18N2O3. The van der Waals surface area contributed by atoms with Gasteiger partial charge in [0.25, 0.3) is 0 Å². The molecule has 1 aliphatic rings. The van der Waals surface area contributed by atoms with E-state index in [0.29, 0.717) is 6.54 Å². The fraction of sp³-hybridized carbons (Fsp3) is 0.357. The van der Waals surface area contributed by atoms with E-state index in [-0.39, 0.29) is 12.7 Å². The Balaban J connectivity index is 1.83. The van der Waals surface area contributed by atoms with E-state index in [2.05, 4.69) is 10.6 Å². The summed E-state index contributed by atoms with van der Waals surface area (Å²) in [7, 11) is 1.89. The summed E-state index contributed by atoms with van der Waals surface area (Å²) in [6.07, 6.45) is 4.20. The van der Waals surface area contributed by atoms with E-state index in [1.54, 1.807) is 6.08 Å². The Bertz CT molecular complexity index is 472. The van der Waals surface area contributed by atoms with Crippen molar-refractivity contribution in [2.75, 3.05) is 26.9 Å². The second kappa shape index (κ2) is 6.80. The summed E-state index contributed by atoms with van der Waals surface area (Å²) in [6.45, 7) is 1.83. The van der Waals surface area contributed by atoms with Gasteiger partial charge in [0.2, 0.25) is 12.7 Å². The summed E-state index contributed by atoms with van der Waals surface area (Å²) in [5, 5.41) is 5.85. The average molecular weight is 262 g/mol. The molecule has 0 saturated heterocycles. The van der Waals surface area contributed by atoms with Crippen molar-refractivity contribution in [2.45, 2.75) is 6.42 Å². The van der Waals surface area contributed by atoms with E-state index in [1.165, 1.54) is 6.08 Å². The molecule has 0 saturated carbocycles. The third kappa shape index (κ3) is 3.99. The predicted molar refractivity (Wildman–Crippen MR) is 73.2 cm³/mol. The van der Waals surface area contributed by atoms with E-state index < -0.39 is 0 Å². The molecule has 0 bridgehead atoms. The van der Waals surface area contributed by atoms with Crippen molar-refractivity contribution in [3.63, 3.8) is 0 Å². The molecular weight excluding hydrogens is 244 g/mol. The van der Waals surface area contributed by atoms with Gasteiger partial charge in [0.1, 0.15) is 0 Å². The zero-order valence-corrected chi connectivity index (χ0v) is 10.9. The van der Waals surface area contributed by atoms with Crippen molar-refractivity contribution in [3.05, 3.63) is 29.8 Å². The quantitative estimate of drug-likeness (QED) is 0.596. The van der Waals surface area contributed by atoms with Gasteiger partial charge < -0.3 is 20.1 Å². The van der Waals surface area contributed by atoms with Crippen LogP contribution in [-0.4, -0.2) is 32.8 Å². The fourth-order valence-electron chi connectivity index (χ4n) is 1.72. The standard InChI is InChI=1S/C14H18N2O3/c1-15-7-2-8-16-14(17)6-4-11-3-5-12-13(9-11)19-10-18-12/h3-6,9,15H,2,7-8,10H2,1H3,(H,16,17)/b6-4+. The number of hydrogen-bond acceptors (Lipinski definition) is 4. The van der Waals surface area contributed by atoms with Gasteiger partial charge in [-0.05, 0) is 43.8 Å². The lowest BCUT2D eigenvalue weighted by molar-refractivity contribution is -0.116.